The molecule has 2 N–H and O–H groups in total. The van der Waals surface area contributed by atoms with Crippen molar-refractivity contribution in [1.82, 2.24) is 10.2 Å². The fraction of sp³-hybridized carbons (Fsp3) is 0.519. The summed E-state index contributed by atoms with van der Waals surface area (Å²) < 4.78 is 5.93. The molecule has 2 aromatic carbocycles. The van der Waals surface area contributed by atoms with E-state index in [1.807, 2.05) is 19.1 Å². The minimum Gasteiger partial charge on any atom is -0.494 e. The molecular weight excluding hydrogens is 414 g/mol. The van der Waals surface area contributed by atoms with E-state index in [1.165, 1.54) is 11.1 Å². The molecule has 2 aromatic rings. The lowest BCUT2D eigenvalue weighted by molar-refractivity contribution is 0.101. The predicted molar refractivity (Wildman–Crippen MR) is 140 cm³/mol. The number of piperidine rings is 1. The van der Waals surface area contributed by atoms with Gasteiger partial charge in [-0.25, -0.2) is 0 Å². The summed E-state index contributed by atoms with van der Waals surface area (Å²) >= 11 is 6.02. The fourth-order valence-corrected chi connectivity index (χ4v) is 5.32. The van der Waals surface area contributed by atoms with Crippen LogP contribution in [-0.2, 0) is 6.54 Å². The second-order valence-electron chi connectivity index (χ2n) is 10.4. The summed E-state index contributed by atoms with van der Waals surface area (Å²) in [6, 6.07) is 15.0. The maximum Gasteiger partial charge on any atom is 0.173 e. The van der Waals surface area contributed by atoms with Crippen LogP contribution in [0, 0.1) is 13.8 Å². The van der Waals surface area contributed by atoms with E-state index in [2.05, 4.69) is 87.4 Å². The molecule has 0 radical (unpaired) electrons. The Morgan fingerprint density at radius 1 is 1.06 bits per heavy atom. The molecule has 0 unspecified atom stereocenters. The Bertz CT molecular complexity index is 938. The maximum atomic E-state index is 6.02. The summed E-state index contributed by atoms with van der Waals surface area (Å²) in [5.41, 5.74) is 4.79. The third kappa shape index (κ3) is 6.23. The highest BCUT2D eigenvalue weighted by atomic mass is 32.1. The molecule has 0 aromatic heterocycles. The Morgan fingerprint density at radius 3 is 2.34 bits per heavy atom. The van der Waals surface area contributed by atoms with E-state index in [0.29, 0.717) is 19.2 Å². The SMILES string of the molecule is CCOc1ccccc1CN(C(=S)Nc1ccc(C)c(C)c1)C1CC(C)(C)NC(C)(C)C1. The van der Waals surface area contributed by atoms with Gasteiger partial charge in [-0.15, -0.1) is 0 Å². The summed E-state index contributed by atoms with van der Waals surface area (Å²) in [6.07, 6.45) is 2.03. The van der Waals surface area contributed by atoms with Crippen molar-refractivity contribution in [3.63, 3.8) is 0 Å². The Kier molecular flexibility index (Phi) is 7.51. The molecule has 0 atom stereocenters. The molecule has 174 valence electrons. The van der Waals surface area contributed by atoms with E-state index >= 15 is 0 Å². The first-order valence-electron chi connectivity index (χ1n) is 11.6. The van der Waals surface area contributed by atoms with Crippen LogP contribution in [0.4, 0.5) is 5.69 Å². The van der Waals surface area contributed by atoms with Crippen LogP contribution >= 0.6 is 12.2 Å². The maximum absolute atomic E-state index is 6.02. The predicted octanol–water partition coefficient (Wildman–Crippen LogP) is 6.21. The molecule has 1 aliphatic heterocycles. The molecule has 1 heterocycles. The van der Waals surface area contributed by atoms with Gasteiger partial charge in [-0.1, -0.05) is 24.3 Å². The van der Waals surface area contributed by atoms with Crippen LogP contribution in [0.15, 0.2) is 42.5 Å². The summed E-state index contributed by atoms with van der Waals surface area (Å²) in [5, 5.41) is 8.09. The van der Waals surface area contributed by atoms with Crippen molar-refractivity contribution in [3.8, 4) is 5.75 Å². The summed E-state index contributed by atoms with van der Waals surface area (Å²) in [6.45, 7) is 16.8. The number of para-hydroxylation sites is 1. The van der Waals surface area contributed by atoms with Gasteiger partial charge < -0.3 is 20.3 Å². The molecule has 0 bridgehead atoms. The van der Waals surface area contributed by atoms with Crippen LogP contribution in [0.3, 0.4) is 0 Å². The van der Waals surface area contributed by atoms with Gasteiger partial charge in [-0.3, -0.25) is 0 Å². The minimum absolute atomic E-state index is 0.0279. The Hall–Kier alpha value is -2.11. The van der Waals surface area contributed by atoms with E-state index in [0.717, 1.165) is 35.0 Å². The zero-order valence-corrected chi connectivity index (χ0v) is 21.5. The number of nitrogens with zero attached hydrogens (tertiary/aromatic N) is 1. The largest absolute Gasteiger partial charge is 0.494 e. The van der Waals surface area contributed by atoms with Crippen molar-refractivity contribution >= 4 is 23.0 Å². The topological polar surface area (TPSA) is 36.5 Å². The molecule has 4 nitrogen and oxygen atoms in total. The van der Waals surface area contributed by atoms with Gasteiger partial charge in [-0.05, 0) is 103 Å². The van der Waals surface area contributed by atoms with Gasteiger partial charge in [-0.2, -0.15) is 0 Å². The van der Waals surface area contributed by atoms with Crippen LogP contribution in [0.5, 0.6) is 5.75 Å². The zero-order chi connectivity index (χ0) is 23.5. The van der Waals surface area contributed by atoms with Crippen molar-refractivity contribution < 1.29 is 4.74 Å². The number of aryl methyl sites for hydroxylation is 2. The van der Waals surface area contributed by atoms with Gasteiger partial charge in [0.25, 0.3) is 0 Å². The first-order chi connectivity index (χ1) is 15.0. The Labute approximate surface area is 199 Å². The molecule has 1 fully saturated rings. The molecule has 1 aliphatic rings. The van der Waals surface area contributed by atoms with Crippen LogP contribution in [0.2, 0.25) is 0 Å². The molecule has 32 heavy (non-hydrogen) atoms. The van der Waals surface area contributed by atoms with Gasteiger partial charge >= 0.3 is 0 Å². The van der Waals surface area contributed by atoms with Crippen LogP contribution in [0.25, 0.3) is 0 Å². The first kappa shape index (κ1) is 24.5. The van der Waals surface area contributed by atoms with E-state index in [-0.39, 0.29) is 11.1 Å². The van der Waals surface area contributed by atoms with Crippen molar-refractivity contribution in [3.05, 3.63) is 59.2 Å². The molecular formula is C27H39N3OS. The van der Waals surface area contributed by atoms with Gasteiger partial charge in [0, 0.05) is 34.9 Å². The molecule has 3 rings (SSSR count). The standard InChI is InChI=1S/C27H39N3OS/c1-8-31-24-12-10-9-11-21(24)18-30(23-16-26(4,5)29-27(6,7)17-23)25(32)28-22-14-13-19(2)20(3)15-22/h9-15,23,29H,8,16-18H2,1-7H3,(H,28,32). The average molecular weight is 454 g/mol. The van der Waals surface area contributed by atoms with Gasteiger partial charge in [0.05, 0.1) is 6.61 Å². The molecule has 0 saturated carbocycles. The minimum atomic E-state index is 0.0279. The van der Waals surface area contributed by atoms with Crippen molar-refractivity contribution in [2.45, 2.75) is 85.0 Å². The highest BCUT2D eigenvalue weighted by Gasteiger charge is 2.40. The molecule has 0 aliphatic carbocycles. The second-order valence-corrected chi connectivity index (χ2v) is 10.7. The summed E-state index contributed by atoms with van der Waals surface area (Å²) in [5.74, 6) is 0.932. The molecule has 1 saturated heterocycles. The van der Waals surface area contributed by atoms with Crippen LogP contribution in [-0.4, -0.2) is 33.7 Å². The zero-order valence-electron chi connectivity index (χ0n) is 20.7. The average Bonchev–Trinajstić information content (AvgIpc) is 2.68. The van der Waals surface area contributed by atoms with Crippen LogP contribution in [0.1, 0.15) is 64.2 Å². The number of hydrogen-bond donors (Lipinski definition) is 2. The van der Waals surface area contributed by atoms with Crippen LogP contribution < -0.4 is 15.4 Å². The van der Waals surface area contributed by atoms with Gasteiger partial charge in [0.2, 0.25) is 0 Å². The van der Waals surface area contributed by atoms with E-state index < -0.39 is 0 Å². The van der Waals surface area contributed by atoms with Gasteiger partial charge in [0.1, 0.15) is 5.75 Å². The molecule has 0 spiro atoms. The first-order valence-corrected chi connectivity index (χ1v) is 12.1. The highest BCUT2D eigenvalue weighted by molar-refractivity contribution is 7.80. The number of ether oxygens (including phenoxy) is 1. The van der Waals surface area contributed by atoms with Gasteiger partial charge in [0.15, 0.2) is 5.11 Å². The summed E-state index contributed by atoms with van der Waals surface area (Å²) in [4.78, 5) is 2.37. The van der Waals surface area contributed by atoms with E-state index in [1.54, 1.807) is 0 Å². The number of anilines is 1. The number of hydrogen-bond acceptors (Lipinski definition) is 3. The quantitative estimate of drug-likeness (QED) is 0.509. The smallest absolute Gasteiger partial charge is 0.173 e. The fourth-order valence-electron chi connectivity index (χ4n) is 4.98. The molecule has 0 amide bonds. The lowest BCUT2D eigenvalue weighted by Crippen LogP contribution is -2.63. The number of rotatable bonds is 6. The summed E-state index contributed by atoms with van der Waals surface area (Å²) in [7, 11) is 0. The molecule has 5 heteroatoms. The lowest BCUT2D eigenvalue weighted by Gasteiger charge is -2.50. The number of benzene rings is 2. The monoisotopic (exact) mass is 453 g/mol. The van der Waals surface area contributed by atoms with Crippen molar-refractivity contribution in [2.24, 2.45) is 0 Å². The number of thiocarbonyl (C=S) groups is 1. The van der Waals surface area contributed by atoms with E-state index in [9.17, 15) is 0 Å². The Morgan fingerprint density at radius 2 is 1.72 bits per heavy atom. The highest BCUT2D eigenvalue weighted by Crippen LogP contribution is 2.34. The van der Waals surface area contributed by atoms with E-state index in [4.69, 9.17) is 17.0 Å². The third-order valence-electron chi connectivity index (χ3n) is 6.24. The van der Waals surface area contributed by atoms with Crippen molar-refractivity contribution in [2.75, 3.05) is 11.9 Å². The normalized spacial score (nSPS) is 17.6. The Balaban J connectivity index is 1.93. The van der Waals surface area contributed by atoms with Crippen molar-refractivity contribution in [1.29, 1.82) is 0 Å². The third-order valence-corrected chi connectivity index (χ3v) is 6.58. The number of nitrogens with one attached hydrogen (secondary N) is 2. The second kappa shape index (κ2) is 9.80. The lowest BCUT2D eigenvalue weighted by atomic mass is 9.79.